The van der Waals surface area contributed by atoms with E-state index in [0.717, 1.165) is 23.9 Å². The van der Waals surface area contributed by atoms with Gasteiger partial charge >= 0.3 is 0 Å². The van der Waals surface area contributed by atoms with Gasteiger partial charge in [0, 0.05) is 24.2 Å². The zero-order chi connectivity index (χ0) is 13.9. The molecule has 106 valence electrons. The topological polar surface area (TPSA) is 24.9 Å². The predicted molar refractivity (Wildman–Crippen MR) is 84.5 cm³/mol. The van der Waals surface area contributed by atoms with E-state index in [1.165, 1.54) is 30.2 Å². The predicted octanol–water partition coefficient (Wildman–Crippen LogP) is 4.15. The monoisotopic (exact) mass is 268 g/mol. The molecule has 2 nitrogen and oxygen atoms in total. The average molecular weight is 268 g/mol. The van der Waals surface area contributed by atoms with Gasteiger partial charge in [0.25, 0.3) is 0 Å². The van der Waals surface area contributed by atoms with Crippen LogP contribution in [0.4, 0.5) is 0 Å². The Morgan fingerprint density at radius 2 is 2.00 bits per heavy atom. The fourth-order valence-corrected chi connectivity index (χ4v) is 3.52. The normalized spacial score (nSPS) is 26.8. The highest BCUT2D eigenvalue weighted by Gasteiger charge is 2.24. The van der Waals surface area contributed by atoms with Gasteiger partial charge in [-0.25, -0.2) is 0 Å². The van der Waals surface area contributed by atoms with Crippen LogP contribution in [0.1, 0.15) is 38.7 Å². The number of hydrogen-bond acceptors (Lipinski definition) is 2. The second-order valence-electron chi connectivity index (χ2n) is 6.38. The molecule has 0 radical (unpaired) electrons. The maximum atomic E-state index is 4.54. The highest BCUT2D eigenvalue weighted by molar-refractivity contribution is 5.81. The van der Waals surface area contributed by atoms with Crippen LogP contribution < -0.4 is 5.32 Å². The lowest BCUT2D eigenvalue weighted by atomic mass is 9.80. The summed E-state index contributed by atoms with van der Waals surface area (Å²) in [6.07, 6.45) is 5.90. The number of rotatable bonds is 3. The Bertz CT molecular complexity index is 573. The first kappa shape index (κ1) is 13.6. The van der Waals surface area contributed by atoms with Crippen LogP contribution in [0.3, 0.4) is 0 Å². The Morgan fingerprint density at radius 1 is 1.15 bits per heavy atom. The van der Waals surface area contributed by atoms with Crippen LogP contribution in [0.15, 0.2) is 36.5 Å². The van der Waals surface area contributed by atoms with Crippen LogP contribution in [0.5, 0.6) is 0 Å². The number of pyridine rings is 1. The second-order valence-corrected chi connectivity index (χ2v) is 6.38. The van der Waals surface area contributed by atoms with Crippen molar-refractivity contribution in [1.29, 1.82) is 0 Å². The van der Waals surface area contributed by atoms with Crippen molar-refractivity contribution in [3.63, 3.8) is 0 Å². The molecule has 0 bridgehead atoms. The van der Waals surface area contributed by atoms with Gasteiger partial charge in [0.15, 0.2) is 0 Å². The number of fused-ring (bicyclic) bond motifs is 1. The molecule has 3 rings (SSSR count). The Labute approximate surface area is 121 Å². The molecule has 1 N–H and O–H groups in total. The molecule has 1 aliphatic rings. The highest BCUT2D eigenvalue weighted by Crippen LogP contribution is 2.29. The van der Waals surface area contributed by atoms with Gasteiger partial charge in [0.05, 0.1) is 5.52 Å². The lowest BCUT2D eigenvalue weighted by Crippen LogP contribution is -2.38. The minimum absolute atomic E-state index is 0.658. The van der Waals surface area contributed by atoms with E-state index in [4.69, 9.17) is 0 Å². The van der Waals surface area contributed by atoms with Crippen LogP contribution in [-0.2, 0) is 6.54 Å². The van der Waals surface area contributed by atoms with Crippen LogP contribution in [0.2, 0.25) is 0 Å². The van der Waals surface area contributed by atoms with Crippen molar-refractivity contribution in [2.24, 2.45) is 11.8 Å². The first-order chi connectivity index (χ1) is 9.74. The van der Waals surface area contributed by atoms with Gasteiger partial charge in [-0.3, -0.25) is 4.98 Å². The van der Waals surface area contributed by atoms with Crippen LogP contribution >= 0.6 is 0 Å². The molecule has 20 heavy (non-hydrogen) atoms. The standard InChI is InChI=1S/C18H24N2/c1-13-8-9-17(14(2)11-13)20-12-16-6-3-5-15-7-4-10-19-18(15)16/h3-7,10,13-14,17,20H,8-9,11-12H2,1-2H3. The fraction of sp³-hybridized carbons (Fsp3) is 0.500. The molecule has 2 heteroatoms. The zero-order valence-electron chi connectivity index (χ0n) is 12.5. The summed E-state index contributed by atoms with van der Waals surface area (Å²) in [5.41, 5.74) is 2.45. The van der Waals surface area contributed by atoms with Gasteiger partial charge in [-0.15, -0.1) is 0 Å². The molecule has 1 heterocycles. The number of hydrogen-bond donors (Lipinski definition) is 1. The van der Waals surface area contributed by atoms with Crippen molar-refractivity contribution >= 4 is 10.9 Å². The maximum Gasteiger partial charge on any atom is 0.0746 e. The number of benzene rings is 1. The highest BCUT2D eigenvalue weighted by atomic mass is 14.9. The van der Waals surface area contributed by atoms with Gasteiger partial charge in [0.1, 0.15) is 0 Å². The summed E-state index contributed by atoms with van der Waals surface area (Å²) < 4.78 is 0. The zero-order valence-corrected chi connectivity index (χ0v) is 12.5. The van der Waals surface area contributed by atoms with E-state index in [1.54, 1.807) is 0 Å². The van der Waals surface area contributed by atoms with Crippen LogP contribution in [0, 0.1) is 11.8 Å². The number of nitrogens with one attached hydrogen (secondary N) is 1. The van der Waals surface area contributed by atoms with Crippen LogP contribution in [-0.4, -0.2) is 11.0 Å². The molecule has 1 aromatic heterocycles. The molecular weight excluding hydrogens is 244 g/mol. The third kappa shape index (κ3) is 2.85. The Morgan fingerprint density at radius 3 is 2.85 bits per heavy atom. The Hall–Kier alpha value is -1.41. The third-order valence-corrected chi connectivity index (χ3v) is 4.70. The minimum atomic E-state index is 0.658. The summed E-state index contributed by atoms with van der Waals surface area (Å²) >= 11 is 0. The third-order valence-electron chi connectivity index (χ3n) is 4.70. The van der Waals surface area contributed by atoms with Crippen molar-refractivity contribution in [2.75, 3.05) is 0 Å². The number of para-hydroxylation sites is 1. The maximum absolute atomic E-state index is 4.54. The van der Waals surface area contributed by atoms with E-state index in [-0.39, 0.29) is 0 Å². The quantitative estimate of drug-likeness (QED) is 0.904. The lowest BCUT2D eigenvalue weighted by molar-refractivity contribution is 0.227. The van der Waals surface area contributed by atoms with E-state index in [1.807, 2.05) is 12.3 Å². The summed E-state index contributed by atoms with van der Waals surface area (Å²) in [4.78, 5) is 4.54. The van der Waals surface area contributed by atoms with E-state index in [2.05, 4.69) is 48.4 Å². The van der Waals surface area contributed by atoms with Crippen molar-refractivity contribution in [3.8, 4) is 0 Å². The van der Waals surface area contributed by atoms with Crippen molar-refractivity contribution in [1.82, 2.24) is 10.3 Å². The summed E-state index contributed by atoms with van der Waals surface area (Å²) in [5.74, 6) is 1.67. The summed E-state index contributed by atoms with van der Waals surface area (Å²) in [7, 11) is 0. The Balaban J connectivity index is 1.71. The summed E-state index contributed by atoms with van der Waals surface area (Å²) in [6.45, 7) is 5.69. The molecule has 0 amide bonds. The van der Waals surface area contributed by atoms with Crippen LogP contribution in [0.25, 0.3) is 10.9 Å². The Kier molecular flexibility index (Phi) is 4.02. The number of nitrogens with zero attached hydrogens (tertiary/aromatic N) is 1. The molecule has 3 atom stereocenters. The van der Waals surface area contributed by atoms with E-state index < -0.39 is 0 Å². The molecule has 0 saturated heterocycles. The SMILES string of the molecule is CC1CCC(NCc2cccc3cccnc23)C(C)C1. The first-order valence-electron chi connectivity index (χ1n) is 7.80. The van der Waals surface area contributed by atoms with E-state index in [9.17, 15) is 0 Å². The molecule has 1 aliphatic carbocycles. The van der Waals surface area contributed by atoms with Crippen molar-refractivity contribution in [3.05, 3.63) is 42.1 Å². The molecular formula is C18H24N2. The second kappa shape index (κ2) is 5.92. The van der Waals surface area contributed by atoms with Gasteiger partial charge in [0.2, 0.25) is 0 Å². The van der Waals surface area contributed by atoms with Gasteiger partial charge in [-0.1, -0.05) is 38.1 Å². The molecule has 1 fully saturated rings. The van der Waals surface area contributed by atoms with E-state index >= 15 is 0 Å². The minimum Gasteiger partial charge on any atom is -0.310 e. The lowest BCUT2D eigenvalue weighted by Gasteiger charge is -2.33. The smallest absolute Gasteiger partial charge is 0.0746 e. The number of aromatic nitrogens is 1. The van der Waals surface area contributed by atoms with Gasteiger partial charge in [-0.05, 0) is 42.7 Å². The van der Waals surface area contributed by atoms with Gasteiger partial charge < -0.3 is 5.32 Å². The first-order valence-corrected chi connectivity index (χ1v) is 7.80. The largest absolute Gasteiger partial charge is 0.310 e. The summed E-state index contributed by atoms with van der Waals surface area (Å²) in [5, 5.41) is 4.99. The van der Waals surface area contributed by atoms with E-state index in [0.29, 0.717) is 6.04 Å². The fourth-order valence-electron chi connectivity index (χ4n) is 3.52. The molecule has 3 unspecified atom stereocenters. The molecule has 1 saturated carbocycles. The molecule has 0 spiro atoms. The molecule has 2 aromatic rings. The molecule has 0 aliphatic heterocycles. The van der Waals surface area contributed by atoms with Crippen molar-refractivity contribution < 1.29 is 0 Å². The molecule has 1 aromatic carbocycles. The average Bonchev–Trinajstić information content (AvgIpc) is 2.46. The summed E-state index contributed by atoms with van der Waals surface area (Å²) in [6, 6.07) is 11.3. The van der Waals surface area contributed by atoms with Gasteiger partial charge in [-0.2, -0.15) is 0 Å². The van der Waals surface area contributed by atoms with Crippen molar-refractivity contribution in [2.45, 2.75) is 45.7 Å².